The van der Waals surface area contributed by atoms with Gasteiger partial charge in [0.2, 0.25) is 10.0 Å². The van der Waals surface area contributed by atoms with E-state index >= 15 is 0 Å². The Bertz CT molecular complexity index is 972. The summed E-state index contributed by atoms with van der Waals surface area (Å²) >= 11 is 1.04. The lowest BCUT2D eigenvalue weighted by Crippen LogP contribution is -2.35. The number of benzene rings is 2. The highest BCUT2D eigenvalue weighted by Gasteiger charge is 2.29. The van der Waals surface area contributed by atoms with Crippen LogP contribution in [0.15, 0.2) is 53.4 Å². The van der Waals surface area contributed by atoms with Crippen LogP contribution in [-0.4, -0.2) is 47.6 Å². The van der Waals surface area contributed by atoms with Crippen LogP contribution in [0.2, 0.25) is 0 Å². The maximum absolute atomic E-state index is 13.1. The monoisotopic (exact) mass is 374 g/mol. The van der Waals surface area contributed by atoms with E-state index in [-0.39, 0.29) is 4.90 Å². The van der Waals surface area contributed by atoms with Crippen molar-refractivity contribution in [3.05, 3.63) is 48.5 Å². The second-order valence-corrected chi connectivity index (χ2v) is 8.40. The van der Waals surface area contributed by atoms with Crippen molar-refractivity contribution < 1.29 is 8.42 Å². The molecule has 3 aromatic rings. The Hall–Kier alpha value is -2.03. The van der Waals surface area contributed by atoms with Crippen molar-refractivity contribution in [2.45, 2.75) is 11.3 Å². The third kappa shape index (κ3) is 3.12. The molecule has 0 atom stereocenters. The van der Waals surface area contributed by atoms with E-state index in [4.69, 9.17) is 0 Å². The third-order valence-electron chi connectivity index (χ3n) is 4.44. The van der Waals surface area contributed by atoms with Gasteiger partial charge in [-0.3, -0.25) is 0 Å². The van der Waals surface area contributed by atoms with Crippen molar-refractivity contribution in [1.82, 2.24) is 13.1 Å². The Morgan fingerprint density at radius 2 is 1.72 bits per heavy atom. The Morgan fingerprint density at radius 1 is 0.880 bits per heavy atom. The summed E-state index contributed by atoms with van der Waals surface area (Å²) in [6, 6.07) is 15.3. The standard InChI is InChI=1S/C17H18N4O2S2/c22-25(23,16-9-4-8-15-17(16)19-24-18-15)21-11-5-10-20(12-13-21)14-6-2-1-3-7-14/h1-4,6-9H,5,10-13H2. The topological polar surface area (TPSA) is 66.4 Å². The lowest BCUT2D eigenvalue weighted by atomic mass is 10.3. The average Bonchev–Trinajstić information content (AvgIpc) is 2.97. The smallest absolute Gasteiger partial charge is 0.245 e. The molecule has 0 saturated carbocycles. The molecule has 25 heavy (non-hydrogen) atoms. The van der Waals surface area contributed by atoms with Crippen LogP contribution in [0.4, 0.5) is 5.69 Å². The first-order valence-electron chi connectivity index (χ1n) is 8.18. The van der Waals surface area contributed by atoms with Gasteiger partial charge in [0, 0.05) is 31.9 Å². The van der Waals surface area contributed by atoms with Gasteiger partial charge in [0.1, 0.15) is 15.9 Å². The summed E-state index contributed by atoms with van der Waals surface area (Å²) < 4.78 is 36.2. The van der Waals surface area contributed by atoms with Gasteiger partial charge >= 0.3 is 0 Å². The molecule has 0 unspecified atom stereocenters. The molecule has 0 bridgehead atoms. The number of rotatable bonds is 3. The molecule has 2 heterocycles. The van der Waals surface area contributed by atoms with Gasteiger partial charge in [-0.1, -0.05) is 24.3 Å². The minimum absolute atomic E-state index is 0.256. The van der Waals surface area contributed by atoms with Crippen LogP contribution in [0.5, 0.6) is 0 Å². The van der Waals surface area contributed by atoms with Crippen molar-refractivity contribution in [2.24, 2.45) is 0 Å². The number of anilines is 1. The molecule has 2 aromatic carbocycles. The molecular weight excluding hydrogens is 356 g/mol. The second kappa shape index (κ2) is 6.70. The Morgan fingerprint density at radius 3 is 2.56 bits per heavy atom. The number of para-hydroxylation sites is 1. The fourth-order valence-electron chi connectivity index (χ4n) is 3.16. The molecule has 1 saturated heterocycles. The average molecular weight is 374 g/mol. The Kier molecular flexibility index (Phi) is 4.41. The van der Waals surface area contributed by atoms with Gasteiger partial charge in [-0.2, -0.15) is 13.1 Å². The minimum Gasteiger partial charge on any atom is -0.370 e. The molecule has 1 aliphatic rings. The second-order valence-electron chi connectivity index (χ2n) is 5.97. The predicted molar refractivity (Wildman–Crippen MR) is 99.4 cm³/mol. The van der Waals surface area contributed by atoms with E-state index in [1.54, 1.807) is 22.5 Å². The number of hydrogen-bond acceptors (Lipinski definition) is 6. The van der Waals surface area contributed by atoms with E-state index in [1.807, 2.05) is 18.2 Å². The van der Waals surface area contributed by atoms with E-state index in [0.717, 1.165) is 30.4 Å². The molecule has 6 nitrogen and oxygen atoms in total. The highest BCUT2D eigenvalue weighted by atomic mass is 32.2. The van der Waals surface area contributed by atoms with E-state index in [0.29, 0.717) is 30.7 Å². The molecule has 4 rings (SSSR count). The van der Waals surface area contributed by atoms with Gasteiger partial charge in [-0.15, -0.1) is 0 Å². The van der Waals surface area contributed by atoms with Crippen LogP contribution < -0.4 is 4.90 Å². The largest absolute Gasteiger partial charge is 0.370 e. The normalized spacial score (nSPS) is 16.9. The zero-order valence-corrected chi connectivity index (χ0v) is 15.2. The van der Waals surface area contributed by atoms with Crippen LogP contribution in [0.3, 0.4) is 0 Å². The van der Waals surface area contributed by atoms with Gasteiger partial charge in [0.15, 0.2) is 0 Å². The van der Waals surface area contributed by atoms with Crippen LogP contribution in [0, 0.1) is 0 Å². The molecule has 0 spiro atoms. The van der Waals surface area contributed by atoms with Crippen LogP contribution in [0.1, 0.15) is 6.42 Å². The molecule has 0 amide bonds. The lowest BCUT2D eigenvalue weighted by molar-refractivity contribution is 0.433. The SMILES string of the molecule is O=S(=O)(c1cccc2nsnc12)N1CCCN(c2ccccc2)CC1. The first-order valence-corrected chi connectivity index (χ1v) is 10.3. The van der Waals surface area contributed by atoms with Gasteiger partial charge in [0.05, 0.1) is 11.7 Å². The van der Waals surface area contributed by atoms with Gasteiger partial charge in [0.25, 0.3) is 0 Å². The summed E-state index contributed by atoms with van der Waals surface area (Å²) in [5.41, 5.74) is 2.23. The number of aromatic nitrogens is 2. The molecular formula is C17H18N4O2S2. The van der Waals surface area contributed by atoms with Crippen molar-refractivity contribution >= 4 is 38.5 Å². The summed E-state index contributed by atoms with van der Waals surface area (Å²) in [4.78, 5) is 2.49. The summed E-state index contributed by atoms with van der Waals surface area (Å²) in [6.45, 7) is 2.50. The van der Waals surface area contributed by atoms with E-state index in [2.05, 4.69) is 25.8 Å². The van der Waals surface area contributed by atoms with Gasteiger partial charge < -0.3 is 4.90 Å². The van der Waals surface area contributed by atoms with Crippen LogP contribution in [0.25, 0.3) is 11.0 Å². The molecule has 1 fully saturated rings. The maximum Gasteiger partial charge on any atom is 0.245 e. The third-order valence-corrected chi connectivity index (χ3v) is 6.92. The highest BCUT2D eigenvalue weighted by Crippen LogP contribution is 2.26. The molecule has 8 heteroatoms. The molecule has 0 aliphatic carbocycles. The zero-order chi connectivity index (χ0) is 17.3. The molecule has 1 aliphatic heterocycles. The first-order chi connectivity index (χ1) is 12.2. The molecule has 0 N–H and O–H groups in total. The van der Waals surface area contributed by atoms with Crippen LogP contribution in [-0.2, 0) is 10.0 Å². The Labute approximate surface area is 151 Å². The van der Waals surface area contributed by atoms with Gasteiger partial charge in [-0.05, 0) is 30.7 Å². The van der Waals surface area contributed by atoms with E-state index in [9.17, 15) is 8.42 Å². The maximum atomic E-state index is 13.1. The van der Waals surface area contributed by atoms with Crippen molar-refractivity contribution in [3.8, 4) is 0 Å². The van der Waals surface area contributed by atoms with E-state index < -0.39 is 10.0 Å². The number of fused-ring (bicyclic) bond motifs is 1. The Balaban J connectivity index is 1.60. The summed E-state index contributed by atoms with van der Waals surface area (Å²) in [5, 5.41) is 0. The first kappa shape index (κ1) is 16.4. The van der Waals surface area contributed by atoms with E-state index in [1.165, 1.54) is 0 Å². The van der Waals surface area contributed by atoms with Gasteiger partial charge in [-0.25, -0.2) is 8.42 Å². The lowest BCUT2D eigenvalue weighted by Gasteiger charge is -2.23. The van der Waals surface area contributed by atoms with Crippen molar-refractivity contribution in [2.75, 3.05) is 31.1 Å². The molecule has 130 valence electrons. The fourth-order valence-corrected chi connectivity index (χ4v) is 5.38. The quantitative estimate of drug-likeness (QED) is 0.705. The molecule has 0 radical (unpaired) electrons. The predicted octanol–water partition coefficient (Wildman–Crippen LogP) is 2.59. The summed E-state index contributed by atoms with van der Waals surface area (Å²) in [7, 11) is -3.58. The number of hydrogen-bond donors (Lipinski definition) is 0. The number of nitrogens with zero attached hydrogens (tertiary/aromatic N) is 4. The van der Waals surface area contributed by atoms with Crippen LogP contribution >= 0.6 is 11.7 Å². The fraction of sp³-hybridized carbons (Fsp3) is 0.294. The molecule has 1 aromatic heterocycles. The number of sulfonamides is 1. The highest BCUT2D eigenvalue weighted by molar-refractivity contribution is 7.89. The summed E-state index contributed by atoms with van der Waals surface area (Å²) in [6.07, 6.45) is 0.791. The summed E-state index contributed by atoms with van der Waals surface area (Å²) in [5.74, 6) is 0. The van der Waals surface area contributed by atoms with Crippen molar-refractivity contribution in [3.63, 3.8) is 0 Å². The minimum atomic E-state index is -3.58. The van der Waals surface area contributed by atoms with Crippen molar-refractivity contribution in [1.29, 1.82) is 0 Å². The zero-order valence-electron chi connectivity index (χ0n) is 13.6.